The minimum Gasteiger partial charge on any atom is -0.480 e. The van der Waals surface area contributed by atoms with Crippen LogP contribution < -0.4 is 20.3 Å². The molecule has 15 heteroatoms. The molecule has 0 radical (unpaired) electrons. The van der Waals surface area contributed by atoms with Gasteiger partial charge in [0.05, 0.1) is 28.9 Å². The van der Waals surface area contributed by atoms with Gasteiger partial charge in [0.2, 0.25) is 11.8 Å². The van der Waals surface area contributed by atoms with E-state index in [9.17, 15) is 13.2 Å². The SMILES string of the molecule is COc1ncc(Cl)cc1S(=O)(=O)Nc1ccc(F)c(-c2cc3cnc(NC4CCC(N(C)C)CC4)nc3n(C)c2=O)c1F. The molecular formula is C28H30ClF2N7O4S. The number of fused-ring (bicyclic) bond motifs is 1. The molecule has 1 saturated carbocycles. The molecule has 228 valence electrons. The Balaban J connectivity index is 1.48. The highest BCUT2D eigenvalue weighted by Crippen LogP contribution is 2.33. The Bertz CT molecular complexity index is 1860. The fourth-order valence-electron chi connectivity index (χ4n) is 5.25. The lowest BCUT2D eigenvalue weighted by atomic mass is 9.91. The molecule has 43 heavy (non-hydrogen) atoms. The maximum absolute atomic E-state index is 15.8. The lowest BCUT2D eigenvalue weighted by Crippen LogP contribution is -2.36. The average molecular weight is 634 g/mol. The first kappa shape index (κ1) is 30.6. The number of halogens is 3. The molecule has 3 aromatic heterocycles. The first-order valence-corrected chi connectivity index (χ1v) is 15.3. The van der Waals surface area contributed by atoms with Crippen LogP contribution in [0.15, 0.2) is 46.3 Å². The van der Waals surface area contributed by atoms with Gasteiger partial charge in [-0.15, -0.1) is 0 Å². The topological polar surface area (TPSA) is 131 Å². The van der Waals surface area contributed by atoms with Crippen molar-refractivity contribution >= 4 is 44.3 Å². The third kappa shape index (κ3) is 6.12. The maximum Gasteiger partial charge on any atom is 0.267 e. The van der Waals surface area contributed by atoms with E-state index >= 15 is 8.78 Å². The Morgan fingerprint density at radius 3 is 2.49 bits per heavy atom. The molecule has 0 amide bonds. The van der Waals surface area contributed by atoms with Crippen LogP contribution in [0.1, 0.15) is 25.7 Å². The van der Waals surface area contributed by atoms with Crippen molar-refractivity contribution in [3.8, 4) is 17.0 Å². The number of sulfonamides is 1. The molecule has 1 fully saturated rings. The number of hydrogen-bond acceptors (Lipinski definition) is 9. The Morgan fingerprint density at radius 2 is 1.81 bits per heavy atom. The number of hydrogen-bond donors (Lipinski definition) is 2. The average Bonchev–Trinajstić information content (AvgIpc) is 2.97. The molecule has 0 bridgehead atoms. The fourth-order valence-corrected chi connectivity index (χ4v) is 6.67. The van der Waals surface area contributed by atoms with Gasteiger partial charge >= 0.3 is 0 Å². The molecule has 1 aliphatic carbocycles. The molecule has 3 heterocycles. The molecule has 0 aliphatic heterocycles. The van der Waals surface area contributed by atoms with E-state index in [1.165, 1.54) is 37.2 Å². The van der Waals surface area contributed by atoms with E-state index < -0.39 is 43.4 Å². The summed E-state index contributed by atoms with van der Waals surface area (Å²) in [4.78, 5) is 27.9. The van der Waals surface area contributed by atoms with E-state index in [2.05, 4.69) is 44.0 Å². The van der Waals surface area contributed by atoms with Crippen LogP contribution in [0.4, 0.5) is 20.4 Å². The van der Waals surface area contributed by atoms with Gasteiger partial charge in [-0.2, -0.15) is 4.98 Å². The number of ether oxygens (including phenoxy) is 1. The number of nitrogens with one attached hydrogen (secondary N) is 2. The summed E-state index contributed by atoms with van der Waals surface area (Å²) >= 11 is 5.91. The van der Waals surface area contributed by atoms with Gasteiger partial charge in [0.1, 0.15) is 11.5 Å². The molecular weight excluding hydrogens is 604 g/mol. The molecule has 4 aromatic rings. The quantitative estimate of drug-likeness (QED) is 0.290. The molecule has 1 aliphatic rings. The summed E-state index contributed by atoms with van der Waals surface area (Å²) in [6.07, 6.45) is 6.62. The zero-order valence-electron chi connectivity index (χ0n) is 23.9. The first-order chi connectivity index (χ1) is 20.4. The van der Waals surface area contributed by atoms with E-state index in [4.69, 9.17) is 16.3 Å². The number of nitrogens with zero attached hydrogens (tertiary/aromatic N) is 5. The van der Waals surface area contributed by atoms with Crippen molar-refractivity contribution in [2.75, 3.05) is 31.2 Å². The Hall–Kier alpha value is -3.88. The van der Waals surface area contributed by atoms with Gasteiger partial charge in [-0.25, -0.2) is 27.2 Å². The van der Waals surface area contributed by atoms with Crippen LogP contribution in [0, 0.1) is 11.6 Å². The largest absolute Gasteiger partial charge is 0.480 e. The number of rotatable bonds is 8. The van der Waals surface area contributed by atoms with Gasteiger partial charge in [-0.3, -0.25) is 14.1 Å². The van der Waals surface area contributed by atoms with Crippen LogP contribution >= 0.6 is 11.6 Å². The first-order valence-electron chi connectivity index (χ1n) is 13.4. The van der Waals surface area contributed by atoms with Crippen molar-refractivity contribution in [2.24, 2.45) is 7.05 Å². The lowest BCUT2D eigenvalue weighted by molar-refractivity contribution is 0.221. The van der Waals surface area contributed by atoms with Crippen LogP contribution in [-0.2, 0) is 17.1 Å². The zero-order chi connectivity index (χ0) is 31.1. The summed E-state index contributed by atoms with van der Waals surface area (Å²) in [5.41, 5.74) is -2.10. The normalized spacial score (nSPS) is 17.3. The van der Waals surface area contributed by atoms with E-state index in [1.54, 1.807) is 0 Å². The number of aryl methyl sites for hydroxylation is 1. The van der Waals surface area contributed by atoms with Crippen molar-refractivity contribution < 1.29 is 21.9 Å². The lowest BCUT2D eigenvalue weighted by Gasteiger charge is -2.32. The Morgan fingerprint density at radius 1 is 1.09 bits per heavy atom. The molecule has 0 atom stereocenters. The van der Waals surface area contributed by atoms with Crippen LogP contribution in [-0.4, -0.2) is 66.1 Å². The van der Waals surface area contributed by atoms with Crippen molar-refractivity contribution in [1.29, 1.82) is 0 Å². The summed E-state index contributed by atoms with van der Waals surface area (Å²) in [5, 5.41) is 3.69. The molecule has 1 aromatic carbocycles. The molecule has 11 nitrogen and oxygen atoms in total. The van der Waals surface area contributed by atoms with Crippen LogP contribution in [0.3, 0.4) is 0 Å². The van der Waals surface area contributed by atoms with Gasteiger partial charge in [0.15, 0.2) is 10.7 Å². The Labute approximate surface area is 251 Å². The minimum absolute atomic E-state index is 0.00149. The molecule has 2 N–H and O–H groups in total. The fraction of sp³-hybridized carbons (Fsp3) is 0.357. The van der Waals surface area contributed by atoms with Gasteiger partial charge in [0.25, 0.3) is 15.6 Å². The molecule has 5 rings (SSSR count). The van der Waals surface area contributed by atoms with Crippen molar-refractivity contribution in [3.63, 3.8) is 0 Å². The number of pyridine rings is 2. The summed E-state index contributed by atoms with van der Waals surface area (Å²) in [5.74, 6) is -2.28. The number of methoxy groups -OCH3 is 1. The highest BCUT2D eigenvalue weighted by molar-refractivity contribution is 7.92. The molecule has 0 unspecified atom stereocenters. The Kier molecular flexibility index (Phi) is 8.54. The standard InChI is InChI=1S/C28H30ClF2N7O4S/c1-37(2)18-7-5-17(6-8-18)34-28-33-13-15-11-19(27(39)38(3)25(15)35-28)23-20(30)9-10-21(24(23)31)36-43(40,41)22-12-16(29)14-32-26(22)42-4/h9-14,17-18,36H,5-8H2,1-4H3,(H,33,34,35). The van der Waals surface area contributed by atoms with E-state index in [-0.39, 0.29) is 28.2 Å². The summed E-state index contributed by atoms with van der Waals surface area (Å²) in [7, 11) is 2.30. The highest BCUT2D eigenvalue weighted by Gasteiger charge is 2.27. The van der Waals surface area contributed by atoms with Crippen LogP contribution in [0.25, 0.3) is 22.2 Å². The zero-order valence-corrected chi connectivity index (χ0v) is 25.4. The van der Waals surface area contributed by atoms with Crippen molar-refractivity contribution in [1.82, 2.24) is 24.4 Å². The van der Waals surface area contributed by atoms with Crippen LogP contribution in [0.2, 0.25) is 5.02 Å². The number of benzene rings is 1. The van der Waals surface area contributed by atoms with Crippen LogP contribution in [0.5, 0.6) is 5.88 Å². The number of aromatic nitrogens is 4. The van der Waals surface area contributed by atoms with Crippen molar-refractivity contribution in [3.05, 3.63) is 63.7 Å². The summed E-state index contributed by atoms with van der Waals surface area (Å²) < 4.78 is 65.3. The number of anilines is 2. The van der Waals surface area contributed by atoms with E-state index in [1.807, 2.05) is 0 Å². The molecule has 0 spiro atoms. The summed E-state index contributed by atoms with van der Waals surface area (Å²) in [6.45, 7) is 0. The van der Waals surface area contributed by atoms with Gasteiger partial charge < -0.3 is 15.0 Å². The second kappa shape index (κ2) is 12.0. The maximum atomic E-state index is 15.8. The summed E-state index contributed by atoms with van der Waals surface area (Å²) in [6, 6.07) is 4.85. The smallest absolute Gasteiger partial charge is 0.267 e. The third-order valence-electron chi connectivity index (χ3n) is 7.58. The monoisotopic (exact) mass is 633 g/mol. The predicted molar refractivity (Wildman–Crippen MR) is 160 cm³/mol. The molecule has 0 saturated heterocycles. The van der Waals surface area contributed by atoms with Gasteiger partial charge in [-0.1, -0.05) is 11.6 Å². The van der Waals surface area contributed by atoms with E-state index in [0.29, 0.717) is 17.4 Å². The second-order valence-corrected chi connectivity index (χ2v) is 12.6. The van der Waals surface area contributed by atoms with Gasteiger partial charge in [0, 0.05) is 36.9 Å². The minimum atomic E-state index is -4.49. The highest BCUT2D eigenvalue weighted by atomic mass is 35.5. The van der Waals surface area contributed by atoms with E-state index in [0.717, 1.165) is 43.9 Å². The van der Waals surface area contributed by atoms with Gasteiger partial charge in [-0.05, 0) is 64.0 Å². The van der Waals surface area contributed by atoms with Crippen molar-refractivity contribution in [2.45, 2.75) is 42.7 Å². The second-order valence-electron chi connectivity index (χ2n) is 10.6. The third-order valence-corrected chi connectivity index (χ3v) is 9.15. The predicted octanol–water partition coefficient (Wildman–Crippen LogP) is 4.42.